The topological polar surface area (TPSA) is 0 Å². The molecule has 1 heteroatoms. The lowest BCUT2D eigenvalue weighted by atomic mass is 9.81. The van der Waals surface area contributed by atoms with E-state index < -0.39 is 0 Å². The van der Waals surface area contributed by atoms with Crippen molar-refractivity contribution in [2.45, 2.75) is 19.3 Å². The van der Waals surface area contributed by atoms with Crippen molar-refractivity contribution >= 4 is 33.1 Å². The molecule has 0 aliphatic heterocycles. The van der Waals surface area contributed by atoms with Crippen LogP contribution < -0.4 is 0 Å². The highest BCUT2D eigenvalue weighted by Crippen LogP contribution is 2.50. The average Bonchev–Trinajstić information content (AvgIpc) is 3.14. The van der Waals surface area contributed by atoms with Gasteiger partial charge in [0.25, 0.3) is 0 Å². The summed E-state index contributed by atoms with van der Waals surface area (Å²) in [6, 6.07) is 41.6. The van der Waals surface area contributed by atoms with Crippen molar-refractivity contribution in [3.8, 4) is 33.4 Å². The first-order valence-corrected chi connectivity index (χ1v) is 12.9. The molecule has 1 aliphatic carbocycles. The molecule has 0 N–H and O–H groups in total. The van der Waals surface area contributed by atoms with Crippen LogP contribution >= 0.6 is 11.6 Å². The van der Waals surface area contributed by atoms with Gasteiger partial charge in [-0.2, -0.15) is 0 Å². The van der Waals surface area contributed by atoms with E-state index in [2.05, 4.69) is 123 Å². The maximum absolute atomic E-state index is 7.01. The highest BCUT2D eigenvalue weighted by molar-refractivity contribution is 6.35. The van der Waals surface area contributed by atoms with Gasteiger partial charge in [0, 0.05) is 16.0 Å². The van der Waals surface area contributed by atoms with E-state index in [-0.39, 0.29) is 5.41 Å². The van der Waals surface area contributed by atoms with Crippen molar-refractivity contribution in [3.63, 3.8) is 0 Å². The Morgan fingerprint density at radius 2 is 1.17 bits per heavy atom. The molecule has 6 aromatic carbocycles. The van der Waals surface area contributed by atoms with Gasteiger partial charge in [0.1, 0.15) is 0 Å². The first-order chi connectivity index (χ1) is 17.5. The second-order valence-electron chi connectivity index (χ2n) is 10.3. The monoisotopic (exact) mass is 480 g/mol. The molecule has 36 heavy (non-hydrogen) atoms. The lowest BCUT2D eigenvalue weighted by Crippen LogP contribution is -2.14. The highest BCUT2D eigenvalue weighted by Gasteiger charge is 2.35. The van der Waals surface area contributed by atoms with Crippen LogP contribution in [0.4, 0.5) is 0 Å². The van der Waals surface area contributed by atoms with E-state index in [1.165, 1.54) is 54.9 Å². The van der Waals surface area contributed by atoms with Gasteiger partial charge >= 0.3 is 0 Å². The van der Waals surface area contributed by atoms with E-state index in [0.717, 1.165) is 16.1 Å². The second-order valence-corrected chi connectivity index (χ2v) is 10.7. The Hall–Kier alpha value is -3.87. The quantitative estimate of drug-likeness (QED) is 0.216. The molecule has 7 rings (SSSR count). The molecule has 0 bridgehead atoms. The molecule has 172 valence electrons. The van der Waals surface area contributed by atoms with Crippen LogP contribution in [0.1, 0.15) is 25.0 Å². The van der Waals surface area contributed by atoms with Crippen LogP contribution in [-0.2, 0) is 5.41 Å². The molecule has 0 amide bonds. The van der Waals surface area contributed by atoms with E-state index in [1.807, 2.05) is 6.07 Å². The van der Waals surface area contributed by atoms with E-state index in [4.69, 9.17) is 11.6 Å². The van der Waals surface area contributed by atoms with Gasteiger partial charge in [-0.15, -0.1) is 0 Å². The summed E-state index contributed by atoms with van der Waals surface area (Å²) in [5.41, 5.74) is 10.0. The third-order valence-electron chi connectivity index (χ3n) is 7.95. The van der Waals surface area contributed by atoms with Crippen molar-refractivity contribution < 1.29 is 0 Å². The Balaban J connectivity index is 1.50. The average molecular weight is 481 g/mol. The minimum atomic E-state index is -0.0453. The van der Waals surface area contributed by atoms with Crippen LogP contribution in [0.5, 0.6) is 0 Å². The normalized spacial score (nSPS) is 13.6. The van der Waals surface area contributed by atoms with E-state index in [1.54, 1.807) is 0 Å². The number of fused-ring (bicyclic) bond motifs is 6. The number of hydrogen-bond acceptors (Lipinski definition) is 0. The van der Waals surface area contributed by atoms with Crippen molar-refractivity contribution in [3.05, 3.63) is 131 Å². The van der Waals surface area contributed by atoms with Crippen LogP contribution in [0, 0.1) is 0 Å². The van der Waals surface area contributed by atoms with Crippen LogP contribution in [0.2, 0.25) is 5.02 Å². The highest BCUT2D eigenvalue weighted by atomic mass is 35.5. The largest absolute Gasteiger partial charge is 0.0836 e. The summed E-state index contributed by atoms with van der Waals surface area (Å²) in [5.74, 6) is 0. The zero-order valence-electron chi connectivity index (χ0n) is 20.3. The van der Waals surface area contributed by atoms with Gasteiger partial charge in [0.15, 0.2) is 0 Å². The Morgan fingerprint density at radius 1 is 0.500 bits per heavy atom. The SMILES string of the molecule is CC1(C)c2ccccc2-c2ccc(-c3cccc(Cl)c3-c3cc4ccccc4c4ccccc34)cc21. The molecular formula is C35H25Cl. The van der Waals surface area contributed by atoms with E-state index >= 15 is 0 Å². The molecule has 0 radical (unpaired) electrons. The van der Waals surface area contributed by atoms with Crippen LogP contribution in [0.15, 0.2) is 115 Å². The predicted molar refractivity (Wildman–Crippen MR) is 155 cm³/mol. The lowest BCUT2D eigenvalue weighted by Gasteiger charge is -2.22. The van der Waals surface area contributed by atoms with Gasteiger partial charge in [0.05, 0.1) is 0 Å². The maximum Gasteiger partial charge on any atom is 0.0490 e. The zero-order chi connectivity index (χ0) is 24.4. The van der Waals surface area contributed by atoms with Crippen molar-refractivity contribution in [2.24, 2.45) is 0 Å². The van der Waals surface area contributed by atoms with Crippen molar-refractivity contribution in [1.29, 1.82) is 0 Å². The Morgan fingerprint density at radius 3 is 2.03 bits per heavy atom. The fourth-order valence-electron chi connectivity index (χ4n) is 6.17. The van der Waals surface area contributed by atoms with Crippen LogP contribution in [0.25, 0.3) is 54.9 Å². The zero-order valence-corrected chi connectivity index (χ0v) is 21.1. The summed E-state index contributed by atoms with van der Waals surface area (Å²) in [7, 11) is 0. The summed E-state index contributed by atoms with van der Waals surface area (Å²) in [6.07, 6.45) is 0. The first-order valence-electron chi connectivity index (χ1n) is 12.5. The van der Waals surface area contributed by atoms with Crippen molar-refractivity contribution in [1.82, 2.24) is 0 Å². The van der Waals surface area contributed by atoms with Gasteiger partial charge in [-0.25, -0.2) is 0 Å². The number of benzene rings is 6. The number of rotatable bonds is 2. The summed E-state index contributed by atoms with van der Waals surface area (Å²) in [6.45, 7) is 4.66. The number of hydrogen-bond donors (Lipinski definition) is 0. The molecule has 0 atom stereocenters. The third kappa shape index (κ3) is 3.01. The van der Waals surface area contributed by atoms with Crippen LogP contribution in [0.3, 0.4) is 0 Å². The molecule has 0 unspecified atom stereocenters. The van der Waals surface area contributed by atoms with E-state index in [9.17, 15) is 0 Å². The Bertz CT molecular complexity index is 1820. The molecule has 1 aliphatic rings. The molecular weight excluding hydrogens is 456 g/mol. The summed E-state index contributed by atoms with van der Waals surface area (Å²) >= 11 is 7.01. The molecule has 0 spiro atoms. The third-order valence-corrected chi connectivity index (χ3v) is 8.26. The van der Waals surface area contributed by atoms with Gasteiger partial charge in [-0.3, -0.25) is 0 Å². The standard InChI is InChI=1S/C35H25Cl/c1-35(2)31-16-8-7-14-28(31)29-19-18-23(21-32(29)35)25-15-9-17-33(36)34(25)30-20-22-10-3-4-11-24(22)26-12-5-6-13-27(26)30/h3-21H,1-2H3. The molecule has 0 saturated carbocycles. The molecule has 0 nitrogen and oxygen atoms in total. The number of halogens is 1. The van der Waals surface area contributed by atoms with Gasteiger partial charge in [-0.1, -0.05) is 123 Å². The molecule has 0 heterocycles. The minimum Gasteiger partial charge on any atom is -0.0836 e. The van der Waals surface area contributed by atoms with Gasteiger partial charge < -0.3 is 0 Å². The summed E-state index contributed by atoms with van der Waals surface area (Å²) < 4.78 is 0. The van der Waals surface area contributed by atoms with Crippen LogP contribution in [-0.4, -0.2) is 0 Å². The summed E-state index contributed by atoms with van der Waals surface area (Å²) in [4.78, 5) is 0. The first kappa shape index (κ1) is 21.4. The second kappa shape index (κ2) is 7.82. The molecule has 0 saturated heterocycles. The smallest absolute Gasteiger partial charge is 0.0490 e. The predicted octanol–water partition coefficient (Wildman–Crippen LogP) is 10.3. The Kier molecular flexibility index (Phi) is 4.65. The molecule has 6 aromatic rings. The van der Waals surface area contributed by atoms with Gasteiger partial charge in [0.2, 0.25) is 0 Å². The van der Waals surface area contributed by atoms with Gasteiger partial charge in [-0.05, 0) is 78.7 Å². The lowest BCUT2D eigenvalue weighted by molar-refractivity contribution is 0.660. The fraction of sp³-hybridized carbons (Fsp3) is 0.0857. The summed E-state index contributed by atoms with van der Waals surface area (Å²) in [5, 5.41) is 5.74. The molecule has 0 fully saturated rings. The molecule has 0 aromatic heterocycles. The fourth-order valence-corrected chi connectivity index (χ4v) is 6.45. The van der Waals surface area contributed by atoms with Crippen molar-refractivity contribution in [2.75, 3.05) is 0 Å². The minimum absolute atomic E-state index is 0.0453. The Labute approximate surface area is 216 Å². The van der Waals surface area contributed by atoms with E-state index in [0.29, 0.717) is 0 Å². The maximum atomic E-state index is 7.01.